The maximum atomic E-state index is 12.1. The molecule has 2 aromatic rings. The number of carbonyl (C=O) groups excluding carboxylic acids is 1. The number of aromatic nitrogens is 2. The maximum Gasteiger partial charge on any atom is 0.259 e. The zero-order valence-corrected chi connectivity index (χ0v) is 12.6. The van der Waals surface area contributed by atoms with Crippen LogP contribution in [0.4, 0.5) is 5.69 Å². The molecule has 7 heteroatoms. The molecule has 0 bridgehead atoms. The number of nitrogens with one attached hydrogen (secondary N) is 1. The predicted octanol–water partition coefficient (Wildman–Crippen LogP) is 2.67. The molecule has 1 atom stereocenters. The molecule has 1 amide bonds. The molecule has 3 rings (SSSR count). The van der Waals surface area contributed by atoms with E-state index >= 15 is 0 Å². The summed E-state index contributed by atoms with van der Waals surface area (Å²) in [6.07, 6.45) is 5.58. The molecule has 22 heavy (non-hydrogen) atoms. The van der Waals surface area contributed by atoms with E-state index in [1.54, 1.807) is 17.1 Å². The third-order valence-electron chi connectivity index (χ3n) is 3.51. The Labute approximate surface area is 132 Å². The predicted molar refractivity (Wildman–Crippen MR) is 82.3 cm³/mol. The summed E-state index contributed by atoms with van der Waals surface area (Å²) < 4.78 is 7.29. The molecular weight excluding hydrogens is 306 g/mol. The number of rotatable bonds is 4. The van der Waals surface area contributed by atoms with Gasteiger partial charge in [-0.1, -0.05) is 11.6 Å². The Hall–Kier alpha value is -2.05. The Kier molecular flexibility index (Phi) is 4.31. The van der Waals surface area contributed by atoms with Gasteiger partial charge in [0.1, 0.15) is 5.75 Å². The number of aromatic hydroxyl groups is 1. The second kappa shape index (κ2) is 6.37. The topological polar surface area (TPSA) is 76.4 Å². The monoisotopic (exact) mass is 321 g/mol. The fourth-order valence-electron chi connectivity index (χ4n) is 2.41. The second-order valence-electron chi connectivity index (χ2n) is 5.20. The standard InChI is InChI=1S/C15H16ClN3O3/c16-10-3-4-14(20)13(6-10)15(21)18-11-7-17-19(8-11)9-12-2-1-5-22-12/h3-4,6-8,12,20H,1-2,5,9H2,(H,18,21). The number of anilines is 1. The highest BCUT2D eigenvalue weighted by Crippen LogP contribution is 2.22. The molecule has 116 valence electrons. The molecule has 0 saturated carbocycles. The number of carbonyl (C=O) groups is 1. The van der Waals surface area contributed by atoms with Crippen LogP contribution in [0.2, 0.25) is 5.02 Å². The highest BCUT2D eigenvalue weighted by Gasteiger charge is 2.17. The SMILES string of the molecule is O=C(Nc1cnn(CC2CCCO2)c1)c1cc(Cl)ccc1O. The van der Waals surface area contributed by atoms with E-state index in [1.807, 2.05) is 0 Å². The number of nitrogens with zero attached hydrogens (tertiary/aromatic N) is 2. The molecule has 1 aliphatic rings. The molecule has 2 N–H and O–H groups in total. The highest BCUT2D eigenvalue weighted by atomic mass is 35.5. The summed E-state index contributed by atoms with van der Waals surface area (Å²) in [6, 6.07) is 4.33. The van der Waals surface area contributed by atoms with Crippen molar-refractivity contribution in [1.82, 2.24) is 9.78 Å². The van der Waals surface area contributed by atoms with Crippen molar-refractivity contribution in [2.24, 2.45) is 0 Å². The largest absolute Gasteiger partial charge is 0.507 e. The number of halogens is 1. The molecule has 6 nitrogen and oxygen atoms in total. The van der Waals surface area contributed by atoms with Gasteiger partial charge in [-0.15, -0.1) is 0 Å². The minimum Gasteiger partial charge on any atom is -0.507 e. The van der Waals surface area contributed by atoms with Gasteiger partial charge in [-0.25, -0.2) is 0 Å². The van der Waals surface area contributed by atoms with Gasteiger partial charge in [0, 0.05) is 17.8 Å². The van der Waals surface area contributed by atoms with E-state index in [0.29, 0.717) is 17.3 Å². The highest BCUT2D eigenvalue weighted by molar-refractivity contribution is 6.31. The molecule has 1 fully saturated rings. The summed E-state index contributed by atoms with van der Waals surface area (Å²) in [7, 11) is 0. The third kappa shape index (κ3) is 3.40. The van der Waals surface area contributed by atoms with Crippen LogP contribution in [0.25, 0.3) is 0 Å². The molecule has 0 aliphatic carbocycles. The van der Waals surface area contributed by atoms with E-state index in [2.05, 4.69) is 10.4 Å². The smallest absolute Gasteiger partial charge is 0.259 e. The van der Waals surface area contributed by atoms with Crippen LogP contribution < -0.4 is 5.32 Å². The first-order chi connectivity index (χ1) is 10.6. The lowest BCUT2D eigenvalue weighted by atomic mass is 10.2. The Morgan fingerprint density at radius 1 is 1.55 bits per heavy atom. The summed E-state index contributed by atoms with van der Waals surface area (Å²) in [5.41, 5.74) is 0.682. The summed E-state index contributed by atoms with van der Waals surface area (Å²) in [6.45, 7) is 1.46. The van der Waals surface area contributed by atoms with Gasteiger partial charge >= 0.3 is 0 Å². The quantitative estimate of drug-likeness (QED) is 0.907. The van der Waals surface area contributed by atoms with Crippen molar-refractivity contribution in [2.75, 3.05) is 11.9 Å². The summed E-state index contributed by atoms with van der Waals surface area (Å²) in [4.78, 5) is 12.1. The van der Waals surface area contributed by atoms with Gasteiger partial charge in [-0.3, -0.25) is 9.48 Å². The van der Waals surface area contributed by atoms with Crippen LogP contribution in [0.1, 0.15) is 23.2 Å². The first-order valence-electron chi connectivity index (χ1n) is 7.06. The summed E-state index contributed by atoms with van der Waals surface area (Å²) in [5.74, 6) is -0.551. The average molecular weight is 322 g/mol. The summed E-state index contributed by atoms with van der Waals surface area (Å²) >= 11 is 5.84. The van der Waals surface area contributed by atoms with E-state index in [4.69, 9.17) is 16.3 Å². The van der Waals surface area contributed by atoms with Crippen LogP contribution in [0.5, 0.6) is 5.75 Å². The van der Waals surface area contributed by atoms with E-state index < -0.39 is 5.91 Å². The van der Waals surface area contributed by atoms with E-state index in [1.165, 1.54) is 18.2 Å². The van der Waals surface area contributed by atoms with Gasteiger partial charge in [-0.2, -0.15) is 5.10 Å². The number of benzene rings is 1. The Bertz CT molecular complexity index is 680. The minimum absolute atomic E-state index is 0.117. The maximum absolute atomic E-state index is 12.1. The molecule has 2 heterocycles. The van der Waals surface area contributed by atoms with Crippen molar-refractivity contribution in [1.29, 1.82) is 0 Å². The number of phenolic OH excluding ortho intramolecular Hbond substituents is 1. The van der Waals surface area contributed by atoms with Crippen LogP contribution >= 0.6 is 11.6 Å². The molecule has 1 aliphatic heterocycles. The molecule has 1 aromatic heterocycles. The van der Waals surface area contributed by atoms with Gasteiger partial charge in [-0.05, 0) is 31.0 Å². The van der Waals surface area contributed by atoms with Gasteiger partial charge < -0.3 is 15.2 Å². The lowest BCUT2D eigenvalue weighted by molar-refractivity contribution is 0.0940. The van der Waals surface area contributed by atoms with Gasteiger partial charge in [0.15, 0.2) is 0 Å². The van der Waals surface area contributed by atoms with Crippen molar-refractivity contribution in [3.63, 3.8) is 0 Å². The van der Waals surface area contributed by atoms with Gasteiger partial charge in [0.2, 0.25) is 0 Å². The van der Waals surface area contributed by atoms with Crippen LogP contribution in [-0.2, 0) is 11.3 Å². The van der Waals surface area contributed by atoms with Gasteiger partial charge in [0.05, 0.1) is 30.1 Å². The van der Waals surface area contributed by atoms with Crippen molar-refractivity contribution in [2.45, 2.75) is 25.5 Å². The van der Waals surface area contributed by atoms with E-state index in [0.717, 1.165) is 19.4 Å². The first-order valence-corrected chi connectivity index (χ1v) is 7.43. The normalized spacial score (nSPS) is 17.6. The number of phenols is 1. The lowest BCUT2D eigenvalue weighted by Crippen LogP contribution is -2.15. The Morgan fingerprint density at radius 2 is 2.41 bits per heavy atom. The second-order valence-corrected chi connectivity index (χ2v) is 5.64. The molecule has 1 saturated heterocycles. The molecule has 0 radical (unpaired) electrons. The van der Waals surface area contributed by atoms with E-state index in [9.17, 15) is 9.90 Å². The first kappa shape index (κ1) is 14.9. The number of amides is 1. The Balaban J connectivity index is 1.66. The van der Waals surface area contributed by atoms with Crippen molar-refractivity contribution in [3.05, 3.63) is 41.2 Å². The third-order valence-corrected chi connectivity index (χ3v) is 3.74. The minimum atomic E-state index is -0.434. The van der Waals surface area contributed by atoms with Gasteiger partial charge in [0.25, 0.3) is 5.91 Å². The zero-order chi connectivity index (χ0) is 15.5. The molecule has 1 aromatic carbocycles. The molecule has 1 unspecified atom stereocenters. The fraction of sp³-hybridized carbons (Fsp3) is 0.333. The van der Waals surface area contributed by atoms with Crippen molar-refractivity contribution < 1.29 is 14.6 Å². The molecule has 0 spiro atoms. The van der Waals surface area contributed by atoms with Crippen molar-refractivity contribution >= 4 is 23.2 Å². The fourth-order valence-corrected chi connectivity index (χ4v) is 2.59. The van der Waals surface area contributed by atoms with Crippen LogP contribution in [0.15, 0.2) is 30.6 Å². The average Bonchev–Trinajstić information content (AvgIpc) is 3.14. The Morgan fingerprint density at radius 3 is 3.18 bits per heavy atom. The number of hydrogen-bond acceptors (Lipinski definition) is 4. The van der Waals surface area contributed by atoms with Crippen molar-refractivity contribution in [3.8, 4) is 5.75 Å². The van der Waals surface area contributed by atoms with Crippen LogP contribution in [0, 0.1) is 0 Å². The van der Waals surface area contributed by atoms with Crippen LogP contribution in [-0.4, -0.2) is 33.5 Å². The zero-order valence-electron chi connectivity index (χ0n) is 11.8. The number of hydrogen-bond donors (Lipinski definition) is 2. The lowest BCUT2D eigenvalue weighted by Gasteiger charge is -2.08. The van der Waals surface area contributed by atoms with Crippen LogP contribution in [0.3, 0.4) is 0 Å². The van der Waals surface area contributed by atoms with E-state index in [-0.39, 0.29) is 17.4 Å². The number of ether oxygens (including phenoxy) is 1. The molecular formula is C15H16ClN3O3. The summed E-state index contributed by atoms with van der Waals surface area (Å²) in [5, 5.41) is 17.0.